The van der Waals surface area contributed by atoms with Crippen LogP contribution >= 0.6 is 0 Å². The molecule has 4 rings (SSSR count). The number of oxime groups is 1. The number of amides is 1. The normalized spacial score (nSPS) is 20.0. The minimum atomic E-state index is -3.84. The summed E-state index contributed by atoms with van der Waals surface area (Å²) in [6.07, 6.45) is -0.612. The Labute approximate surface area is 172 Å². The van der Waals surface area contributed by atoms with Crippen LogP contribution in [0.25, 0.3) is 0 Å². The highest BCUT2D eigenvalue weighted by atomic mass is 32.2. The van der Waals surface area contributed by atoms with Crippen LogP contribution < -0.4 is 0 Å². The van der Waals surface area contributed by atoms with Gasteiger partial charge in [-0.2, -0.15) is 4.31 Å². The number of carbonyl (C=O) groups excluding carboxylic acids is 1. The quantitative estimate of drug-likeness (QED) is 0.736. The molecule has 30 heavy (non-hydrogen) atoms. The molecule has 7 nitrogen and oxygen atoms in total. The van der Waals surface area contributed by atoms with E-state index in [2.05, 4.69) is 5.16 Å². The molecule has 0 saturated carbocycles. The van der Waals surface area contributed by atoms with Gasteiger partial charge in [-0.1, -0.05) is 23.4 Å². The summed E-state index contributed by atoms with van der Waals surface area (Å²) < 4.78 is 53.4. The van der Waals surface area contributed by atoms with Crippen molar-refractivity contribution in [3.63, 3.8) is 0 Å². The molecule has 1 atom stereocenters. The summed E-state index contributed by atoms with van der Waals surface area (Å²) in [5.74, 6) is -1.33. The molecule has 1 fully saturated rings. The van der Waals surface area contributed by atoms with Gasteiger partial charge < -0.3 is 9.74 Å². The van der Waals surface area contributed by atoms with Crippen LogP contribution in [0.3, 0.4) is 0 Å². The second-order valence-corrected chi connectivity index (χ2v) is 8.97. The largest absolute Gasteiger partial charge is 0.382 e. The van der Waals surface area contributed by atoms with Crippen molar-refractivity contribution in [1.29, 1.82) is 0 Å². The molecule has 2 aromatic rings. The van der Waals surface area contributed by atoms with E-state index in [4.69, 9.17) is 4.84 Å². The number of rotatable bonds is 4. The fourth-order valence-corrected chi connectivity index (χ4v) is 4.93. The summed E-state index contributed by atoms with van der Waals surface area (Å²) in [4.78, 5) is 19.4. The van der Waals surface area contributed by atoms with Crippen molar-refractivity contribution in [3.05, 3.63) is 65.7 Å². The first-order valence-corrected chi connectivity index (χ1v) is 10.8. The lowest BCUT2D eigenvalue weighted by atomic mass is 10.0. The van der Waals surface area contributed by atoms with E-state index in [1.54, 1.807) is 12.1 Å². The predicted octanol–water partition coefficient (Wildman–Crippen LogP) is 1.99. The van der Waals surface area contributed by atoms with E-state index in [1.807, 2.05) is 0 Å². The highest BCUT2D eigenvalue weighted by molar-refractivity contribution is 7.89. The number of hydrogen-bond donors (Lipinski definition) is 0. The highest BCUT2D eigenvalue weighted by Crippen LogP contribution is 2.22. The van der Waals surface area contributed by atoms with E-state index < -0.39 is 27.8 Å². The van der Waals surface area contributed by atoms with Crippen molar-refractivity contribution >= 4 is 21.6 Å². The van der Waals surface area contributed by atoms with Crippen molar-refractivity contribution in [2.45, 2.75) is 17.4 Å². The fraction of sp³-hybridized carbons (Fsp3) is 0.300. The number of benzene rings is 2. The number of piperazine rings is 1. The molecule has 0 aliphatic carbocycles. The average Bonchev–Trinajstić information content (AvgIpc) is 3.24. The van der Waals surface area contributed by atoms with E-state index in [0.29, 0.717) is 11.3 Å². The molecule has 0 radical (unpaired) electrons. The van der Waals surface area contributed by atoms with E-state index in [0.717, 1.165) is 6.07 Å². The van der Waals surface area contributed by atoms with E-state index in [-0.39, 0.29) is 43.4 Å². The summed E-state index contributed by atoms with van der Waals surface area (Å²) in [7, 11) is -3.84. The Kier molecular flexibility index (Phi) is 5.52. The predicted molar refractivity (Wildman–Crippen MR) is 104 cm³/mol. The van der Waals surface area contributed by atoms with Crippen LogP contribution in [0.4, 0.5) is 8.78 Å². The van der Waals surface area contributed by atoms with Gasteiger partial charge in [0.2, 0.25) is 16.1 Å². The zero-order chi connectivity index (χ0) is 21.3. The lowest BCUT2D eigenvalue weighted by Crippen LogP contribution is -2.52. The highest BCUT2D eigenvalue weighted by Gasteiger charge is 2.36. The number of nitrogens with zero attached hydrogens (tertiary/aromatic N) is 3. The first kappa shape index (κ1) is 20.4. The number of halogens is 2. The van der Waals surface area contributed by atoms with Crippen LogP contribution in [-0.4, -0.2) is 61.5 Å². The van der Waals surface area contributed by atoms with E-state index >= 15 is 0 Å². The van der Waals surface area contributed by atoms with Crippen molar-refractivity contribution in [1.82, 2.24) is 9.21 Å². The zero-order valence-electron chi connectivity index (χ0n) is 15.9. The molecule has 1 unspecified atom stereocenters. The van der Waals surface area contributed by atoms with Crippen LogP contribution in [0.15, 0.2) is 58.6 Å². The Morgan fingerprint density at radius 2 is 1.67 bits per heavy atom. The Morgan fingerprint density at radius 3 is 2.33 bits per heavy atom. The fourth-order valence-electron chi connectivity index (χ4n) is 3.48. The van der Waals surface area contributed by atoms with E-state index in [1.165, 1.54) is 39.5 Å². The molecule has 1 saturated heterocycles. The summed E-state index contributed by atoms with van der Waals surface area (Å²) in [6.45, 7) is 0.551. The first-order valence-electron chi connectivity index (χ1n) is 9.38. The van der Waals surface area contributed by atoms with Gasteiger partial charge in [0.25, 0.3) is 5.91 Å². The van der Waals surface area contributed by atoms with Gasteiger partial charge in [0, 0.05) is 38.2 Å². The van der Waals surface area contributed by atoms with Crippen LogP contribution in [0.5, 0.6) is 0 Å². The molecule has 0 bridgehead atoms. The Bertz CT molecular complexity index is 1100. The Balaban J connectivity index is 1.36. The first-order chi connectivity index (χ1) is 14.3. The SMILES string of the molecule is O=C(C1CC(c2cccc(F)c2)=NO1)N1CCN(S(=O)(=O)c2cccc(F)c2)CC1. The molecular formula is C20H19F2N3O4S. The third-order valence-corrected chi connectivity index (χ3v) is 6.98. The monoisotopic (exact) mass is 435 g/mol. The van der Waals surface area contributed by atoms with E-state index in [9.17, 15) is 22.0 Å². The third-order valence-electron chi connectivity index (χ3n) is 5.09. The van der Waals surface area contributed by atoms with Gasteiger partial charge in [-0.25, -0.2) is 17.2 Å². The number of hydrogen-bond acceptors (Lipinski definition) is 5. The van der Waals surface area contributed by atoms with Crippen LogP contribution in [-0.2, 0) is 19.7 Å². The number of sulfonamides is 1. The molecule has 2 aromatic carbocycles. The maximum absolute atomic E-state index is 13.4. The molecule has 10 heteroatoms. The van der Waals surface area contributed by atoms with Gasteiger partial charge in [0.05, 0.1) is 10.6 Å². The minimum Gasteiger partial charge on any atom is -0.382 e. The van der Waals surface area contributed by atoms with Crippen LogP contribution in [0.2, 0.25) is 0 Å². The van der Waals surface area contributed by atoms with Gasteiger partial charge in [0.15, 0.2) is 0 Å². The second kappa shape index (κ2) is 8.11. The van der Waals surface area contributed by atoms with Gasteiger partial charge in [-0.05, 0) is 30.3 Å². The molecule has 2 aliphatic rings. The summed E-state index contributed by atoms with van der Waals surface area (Å²) in [6, 6.07) is 10.7. The average molecular weight is 435 g/mol. The standard InChI is InChI=1S/C20H19F2N3O4S/c21-15-4-1-3-14(11-15)18-13-19(29-23-18)20(26)24-7-9-25(10-8-24)30(27,28)17-6-2-5-16(22)12-17/h1-6,11-12,19H,7-10,13H2. The summed E-state index contributed by atoms with van der Waals surface area (Å²) in [5.41, 5.74) is 1.04. The lowest BCUT2D eigenvalue weighted by Gasteiger charge is -2.34. The molecule has 158 valence electrons. The number of carbonyl (C=O) groups is 1. The lowest BCUT2D eigenvalue weighted by molar-refractivity contribution is -0.143. The van der Waals surface area contributed by atoms with Crippen LogP contribution in [0.1, 0.15) is 12.0 Å². The van der Waals surface area contributed by atoms with Gasteiger partial charge in [-0.3, -0.25) is 4.79 Å². The minimum absolute atomic E-state index is 0.0922. The third kappa shape index (κ3) is 4.05. The van der Waals surface area contributed by atoms with Crippen molar-refractivity contribution in [3.8, 4) is 0 Å². The van der Waals surface area contributed by atoms with Gasteiger partial charge in [0.1, 0.15) is 11.6 Å². The van der Waals surface area contributed by atoms with Gasteiger partial charge >= 0.3 is 0 Å². The van der Waals surface area contributed by atoms with Crippen molar-refractivity contribution < 1.29 is 26.8 Å². The van der Waals surface area contributed by atoms with Crippen LogP contribution in [0, 0.1) is 11.6 Å². The van der Waals surface area contributed by atoms with Crippen molar-refractivity contribution in [2.24, 2.45) is 5.16 Å². The Morgan fingerprint density at radius 1 is 1.00 bits per heavy atom. The molecule has 0 N–H and O–H groups in total. The maximum Gasteiger partial charge on any atom is 0.266 e. The second-order valence-electron chi connectivity index (χ2n) is 7.03. The zero-order valence-corrected chi connectivity index (χ0v) is 16.7. The molecule has 0 spiro atoms. The molecule has 2 heterocycles. The van der Waals surface area contributed by atoms with Crippen molar-refractivity contribution in [2.75, 3.05) is 26.2 Å². The smallest absolute Gasteiger partial charge is 0.266 e. The molecule has 0 aromatic heterocycles. The summed E-state index contributed by atoms with van der Waals surface area (Å²) >= 11 is 0. The molecular weight excluding hydrogens is 416 g/mol. The maximum atomic E-state index is 13.4. The van der Waals surface area contributed by atoms with Gasteiger partial charge in [-0.15, -0.1) is 0 Å². The molecule has 2 aliphatic heterocycles. The topological polar surface area (TPSA) is 79.3 Å². The summed E-state index contributed by atoms with van der Waals surface area (Å²) in [5, 5.41) is 3.91. The molecule has 1 amide bonds. The Hall–Kier alpha value is -2.85.